The van der Waals surface area contributed by atoms with Crippen LogP contribution in [0.25, 0.3) is 0 Å². The SMILES string of the molecule is CCCCC/C=C\C\C=C/C=C/C=C/[C@@H](SC[C@H](N)C(=O)OC[C@H](COP(=O)(O)OCC[N+](C)(C)C)OC(=O)CCCCCCCCCCCCC)[C@@H](O)CCCC(=O)O. The minimum absolute atomic E-state index is 0.0446. The standard InChI is InChI=1S/C45H81N2O11PS/c1-6-8-10-12-14-16-18-20-21-23-25-27-31-42(41(48)30-29-32-43(49)50)60-38-40(46)45(52)55-36-39(37-57-59(53,54)56-35-34-47(3,4)5)58-44(51)33-28-26-24-22-19-17-15-13-11-9-7-2/h14,16,20-21,23,25,27,31,39-42,48H,6-13,15,17-19,22,24,26,28-30,32-38,46H2,1-5H3,(H-,49,50,53,54)/p+1/b16-14-,21-20-,25-23+,31-27+/t39-,40+,41+,42-/m1/s1. The molecule has 1 unspecified atom stereocenters. The molecule has 0 spiro atoms. The molecular formula is C45H82N2O11PS+. The van der Waals surface area contributed by atoms with Gasteiger partial charge in [-0.05, 0) is 38.5 Å². The van der Waals surface area contributed by atoms with Crippen LogP contribution >= 0.6 is 19.6 Å². The summed E-state index contributed by atoms with van der Waals surface area (Å²) in [6, 6.07) is -1.12. The van der Waals surface area contributed by atoms with Gasteiger partial charge in [0.2, 0.25) is 0 Å². The average molecular weight is 890 g/mol. The number of phosphoric ester groups is 1. The number of unbranched alkanes of at least 4 members (excludes halogenated alkanes) is 13. The van der Waals surface area contributed by atoms with Crippen LogP contribution < -0.4 is 5.73 Å². The molecule has 15 heteroatoms. The topological polar surface area (TPSA) is 192 Å². The van der Waals surface area contributed by atoms with Gasteiger partial charge in [-0.25, -0.2) is 4.57 Å². The number of rotatable bonds is 40. The minimum atomic E-state index is -4.50. The predicted octanol–water partition coefficient (Wildman–Crippen LogP) is 9.22. The number of hydrogen-bond donors (Lipinski definition) is 4. The molecule has 0 bridgehead atoms. The van der Waals surface area contributed by atoms with Crippen molar-refractivity contribution in [2.75, 3.05) is 53.3 Å². The van der Waals surface area contributed by atoms with Crippen LogP contribution in [0.4, 0.5) is 0 Å². The van der Waals surface area contributed by atoms with Crippen LogP contribution in [0.3, 0.4) is 0 Å². The smallest absolute Gasteiger partial charge is 0.472 e. The van der Waals surface area contributed by atoms with Gasteiger partial charge in [0, 0.05) is 23.8 Å². The Balaban J connectivity index is 5.30. The molecule has 0 amide bonds. The quantitative estimate of drug-likeness (QED) is 0.0114. The number of aliphatic hydroxyl groups is 1. The number of nitrogens with zero attached hydrogens (tertiary/aromatic N) is 1. The number of phosphoric acid groups is 1. The summed E-state index contributed by atoms with van der Waals surface area (Å²) in [4.78, 5) is 47.1. The number of carbonyl (C=O) groups is 3. The van der Waals surface area contributed by atoms with E-state index in [1.165, 1.54) is 76.0 Å². The molecule has 5 atom stereocenters. The fourth-order valence-electron chi connectivity index (χ4n) is 5.69. The number of esters is 2. The molecular weight excluding hydrogens is 808 g/mol. The van der Waals surface area contributed by atoms with Gasteiger partial charge in [0.15, 0.2) is 6.10 Å². The Bertz CT molecular complexity index is 1290. The number of carboxylic acids is 1. The van der Waals surface area contributed by atoms with Gasteiger partial charge >= 0.3 is 25.7 Å². The molecule has 0 aromatic carbocycles. The van der Waals surface area contributed by atoms with Gasteiger partial charge in [-0.15, -0.1) is 11.8 Å². The van der Waals surface area contributed by atoms with Crippen molar-refractivity contribution >= 4 is 37.5 Å². The number of ether oxygens (including phenoxy) is 2. The van der Waals surface area contributed by atoms with Crippen LogP contribution in [0.2, 0.25) is 0 Å². The zero-order valence-electron chi connectivity index (χ0n) is 37.6. The van der Waals surface area contributed by atoms with Crippen molar-refractivity contribution in [3.63, 3.8) is 0 Å². The lowest BCUT2D eigenvalue weighted by Crippen LogP contribution is -2.39. The lowest BCUT2D eigenvalue weighted by Gasteiger charge is -2.24. The van der Waals surface area contributed by atoms with Crippen molar-refractivity contribution < 1.29 is 57.1 Å². The average Bonchev–Trinajstić information content (AvgIpc) is 3.18. The molecule has 0 aliphatic rings. The van der Waals surface area contributed by atoms with Gasteiger partial charge in [0.25, 0.3) is 0 Å². The predicted molar refractivity (Wildman–Crippen MR) is 244 cm³/mol. The third-order valence-corrected chi connectivity index (χ3v) is 11.8. The normalized spacial score (nSPS) is 15.5. The summed E-state index contributed by atoms with van der Waals surface area (Å²) in [6.07, 6.45) is 32.0. The van der Waals surface area contributed by atoms with E-state index in [0.29, 0.717) is 17.4 Å². The first kappa shape index (κ1) is 57.7. The van der Waals surface area contributed by atoms with E-state index in [-0.39, 0.29) is 38.0 Å². The molecule has 0 rings (SSSR count). The summed E-state index contributed by atoms with van der Waals surface area (Å²) in [5, 5.41) is 19.5. The Kier molecular flexibility index (Phi) is 35.9. The van der Waals surface area contributed by atoms with Crippen molar-refractivity contribution in [1.82, 2.24) is 0 Å². The number of thioether (sulfide) groups is 1. The molecule has 0 radical (unpaired) electrons. The molecule has 5 N–H and O–H groups in total. The number of nitrogens with two attached hydrogens (primary N) is 1. The number of aliphatic hydroxyl groups excluding tert-OH is 1. The monoisotopic (exact) mass is 890 g/mol. The van der Waals surface area contributed by atoms with Gasteiger partial charge < -0.3 is 34.8 Å². The fourth-order valence-corrected chi connectivity index (χ4v) is 7.56. The molecule has 0 aromatic rings. The summed E-state index contributed by atoms with van der Waals surface area (Å²) in [5.74, 6) is -2.23. The molecule has 60 heavy (non-hydrogen) atoms. The van der Waals surface area contributed by atoms with Crippen molar-refractivity contribution in [2.45, 2.75) is 166 Å². The van der Waals surface area contributed by atoms with Crippen molar-refractivity contribution in [3.05, 3.63) is 48.6 Å². The molecule has 0 saturated carbocycles. The Hall–Kier alpha value is -2.29. The Morgan fingerprint density at radius 1 is 0.767 bits per heavy atom. The van der Waals surface area contributed by atoms with E-state index in [1.54, 1.807) is 12.2 Å². The fraction of sp³-hybridized carbons (Fsp3) is 0.756. The van der Waals surface area contributed by atoms with Crippen LogP contribution in [-0.4, -0.2) is 114 Å². The van der Waals surface area contributed by atoms with Crippen LogP contribution in [0.5, 0.6) is 0 Å². The second-order valence-electron chi connectivity index (χ2n) is 16.3. The van der Waals surface area contributed by atoms with Crippen molar-refractivity contribution in [2.24, 2.45) is 5.73 Å². The molecule has 0 saturated heterocycles. The molecule has 348 valence electrons. The maximum Gasteiger partial charge on any atom is 0.472 e. The highest BCUT2D eigenvalue weighted by Crippen LogP contribution is 2.43. The highest BCUT2D eigenvalue weighted by Gasteiger charge is 2.28. The van der Waals surface area contributed by atoms with Gasteiger partial charge in [-0.2, -0.15) is 0 Å². The number of aliphatic carboxylic acids is 1. The largest absolute Gasteiger partial charge is 0.481 e. The maximum absolute atomic E-state index is 13.0. The second-order valence-corrected chi connectivity index (χ2v) is 19.0. The number of carbonyl (C=O) groups excluding carboxylic acids is 2. The first-order chi connectivity index (χ1) is 28.6. The Labute approximate surface area is 366 Å². The lowest BCUT2D eigenvalue weighted by atomic mass is 10.1. The third-order valence-electron chi connectivity index (χ3n) is 9.36. The lowest BCUT2D eigenvalue weighted by molar-refractivity contribution is -0.870. The van der Waals surface area contributed by atoms with E-state index < -0.39 is 62.4 Å². The van der Waals surface area contributed by atoms with E-state index >= 15 is 0 Å². The molecule has 0 heterocycles. The second kappa shape index (κ2) is 37.3. The van der Waals surface area contributed by atoms with Crippen molar-refractivity contribution in [1.29, 1.82) is 0 Å². The van der Waals surface area contributed by atoms with Gasteiger partial charge in [0.1, 0.15) is 25.8 Å². The number of carboxylic acid groups (broad SMARTS) is 1. The van der Waals surface area contributed by atoms with Gasteiger partial charge in [-0.3, -0.25) is 23.4 Å². The Morgan fingerprint density at radius 3 is 2.02 bits per heavy atom. The van der Waals surface area contributed by atoms with E-state index in [9.17, 15) is 28.9 Å². The molecule has 13 nitrogen and oxygen atoms in total. The van der Waals surface area contributed by atoms with Gasteiger partial charge in [0.05, 0.1) is 33.9 Å². The molecule has 0 fully saturated rings. The van der Waals surface area contributed by atoms with E-state index in [2.05, 4.69) is 26.0 Å². The van der Waals surface area contributed by atoms with Gasteiger partial charge in [-0.1, -0.05) is 140 Å². The maximum atomic E-state index is 13.0. The molecule has 0 aliphatic carbocycles. The summed E-state index contributed by atoms with van der Waals surface area (Å²) in [7, 11) is 1.22. The third kappa shape index (κ3) is 37.5. The van der Waals surface area contributed by atoms with Crippen LogP contribution in [0.15, 0.2) is 48.6 Å². The zero-order valence-corrected chi connectivity index (χ0v) is 39.3. The van der Waals surface area contributed by atoms with Crippen LogP contribution in [-0.2, 0) is 37.5 Å². The van der Waals surface area contributed by atoms with E-state index in [4.69, 9.17) is 29.4 Å². The molecule has 0 aromatic heterocycles. The summed E-state index contributed by atoms with van der Waals surface area (Å²) in [6.45, 7) is 3.79. The first-order valence-corrected chi connectivity index (χ1v) is 24.8. The van der Waals surface area contributed by atoms with Crippen molar-refractivity contribution in [3.8, 4) is 0 Å². The number of likely N-dealkylation sites (N-methyl/N-ethyl adjacent to an activating group) is 1. The van der Waals surface area contributed by atoms with E-state index in [0.717, 1.165) is 32.1 Å². The highest BCUT2D eigenvalue weighted by atomic mass is 32.2. The molecule has 0 aliphatic heterocycles. The van der Waals surface area contributed by atoms with Crippen LogP contribution in [0, 0.1) is 0 Å². The number of allylic oxidation sites excluding steroid dienone is 7. The van der Waals surface area contributed by atoms with E-state index in [1.807, 2.05) is 45.4 Å². The number of quaternary nitrogens is 1. The summed E-state index contributed by atoms with van der Waals surface area (Å²) in [5.41, 5.74) is 6.19. The Morgan fingerprint density at radius 2 is 1.38 bits per heavy atom. The zero-order chi connectivity index (χ0) is 44.9. The highest BCUT2D eigenvalue weighted by molar-refractivity contribution is 8.00. The minimum Gasteiger partial charge on any atom is -0.481 e. The summed E-state index contributed by atoms with van der Waals surface area (Å²) >= 11 is 1.23. The summed E-state index contributed by atoms with van der Waals surface area (Å²) < 4.78 is 34.3. The number of hydrogen-bond acceptors (Lipinski definition) is 11. The first-order valence-electron chi connectivity index (χ1n) is 22.3. The van der Waals surface area contributed by atoms with Crippen LogP contribution in [0.1, 0.15) is 142 Å².